The van der Waals surface area contributed by atoms with Crippen molar-refractivity contribution in [1.82, 2.24) is 14.7 Å². The summed E-state index contributed by atoms with van der Waals surface area (Å²) in [6.45, 7) is 12.2. The van der Waals surface area contributed by atoms with Gasteiger partial charge in [0.05, 0.1) is 0 Å². The Hall–Kier alpha value is -1.43. The Bertz CT molecular complexity index is 547. The molecule has 154 valence electrons. The van der Waals surface area contributed by atoms with Gasteiger partial charge in [-0.15, -0.1) is 0 Å². The third-order valence-corrected chi connectivity index (χ3v) is 6.10. The molecule has 2 rings (SSSR count). The lowest BCUT2D eigenvalue weighted by Crippen LogP contribution is -2.50. The number of amides is 2. The molecule has 6 heteroatoms. The Balaban J connectivity index is 1.88. The van der Waals surface area contributed by atoms with Crippen molar-refractivity contribution in [3.63, 3.8) is 0 Å². The van der Waals surface area contributed by atoms with Gasteiger partial charge in [-0.3, -0.25) is 19.3 Å². The maximum atomic E-state index is 13.1. The Morgan fingerprint density at radius 3 is 2.04 bits per heavy atom. The molecule has 0 unspecified atom stereocenters. The van der Waals surface area contributed by atoms with Gasteiger partial charge in [-0.25, -0.2) is 0 Å². The minimum atomic E-state index is -0.393. The van der Waals surface area contributed by atoms with Crippen LogP contribution in [-0.2, 0) is 14.4 Å². The van der Waals surface area contributed by atoms with E-state index < -0.39 is 5.41 Å². The van der Waals surface area contributed by atoms with Crippen molar-refractivity contribution in [2.45, 2.75) is 53.4 Å². The first-order valence-electron chi connectivity index (χ1n) is 10.4. The molecule has 2 amide bonds. The molecule has 1 saturated heterocycles. The summed E-state index contributed by atoms with van der Waals surface area (Å²) in [5, 5.41) is 0. The number of hydrogen-bond donors (Lipinski definition) is 0. The van der Waals surface area contributed by atoms with E-state index in [1.54, 1.807) is 6.92 Å². The first kappa shape index (κ1) is 21.9. The molecule has 0 aromatic carbocycles. The minimum absolute atomic E-state index is 0.125. The zero-order chi connectivity index (χ0) is 20.2. The second-order valence-electron chi connectivity index (χ2n) is 9.22. The highest BCUT2D eigenvalue weighted by Crippen LogP contribution is 2.36. The second kappa shape index (κ2) is 9.18. The summed E-state index contributed by atoms with van der Waals surface area (Å²) in [5.74, 6) is 0.195. The van der Waals surface area contributed by atoms with Crippen molar-refractivity contribution < 1.29 is 14.4 Å². The van der Waals surface area contributed by atoms with E-state index in [0.29, 0.717) is 6.54 Å². The van der Waals surface area contributed by atoms with Crippen LogP contribution < -0.4 is 0 Å². The normalized spacial score (nSPS) is 24.6. The van der Waals surface area contributed by atoms with Crippen LogP contribution in [0.1, 0.15) is 53.4 Å². The molecule has 6 nitrogen and oxygen atoms in total. The standard InChI is InChI=1S/C21H37N3O3/c1-16(25)24-14-12-23(13-15-24)11-10-22(5)20(27)18-9-7-6-8-17(18)19(26)21(2,3)4/h17-18H,6-15H2,1-5H3/t17-,18+/m0/s1. The predicted octanol–water partition coefficient (Wildman–Crippen LogP) is 2.03. The van der Waals surface area contributed by atoms with Gasteiger partial charge in [0.1, 0.15) is 5.78 Å². The number of rotatable bonds is 5. The molecular formula is C21H37N3O3. The molecule has 1 saturated carbocycles. The summed E-state index contributed by atoms with van der Waals surface area (Å²) in [6.07, 6.45) is 3.74. The lowest BCUT2D eigenvalue weighted by molar-refractivity contribution is -0.145. The first-order chi connectivity index (χ1) is 12.6. The van der Waals surface area contributed by atoms with E-state index >= 15 is 0 Å². The fraction of sp³-hybridized carbons (Fsp3) is 0.857. The zero-order valence-electron chi connectivity index (χ0n) is 17.8. The van der Waals surface area contributed by atoms with Crippen LogP contribution in [0.15, 0.2) is 0 Å². The van der Waals surface area contributed by atoms with Crippen molar-refractivity contribution >= 4 is 17.6 Å². The van der Waals surface area contributed by atoms with Gasteiger partial charge in [0.15, 0.2) is 0 Å². The molecule has 0 N–H and O–H groups in total. The maximum absolute atomic E-state index is 13.1. The van der Waals surface area contributed by atoms with Crippen LogP contribution >= 0.6 is 0 Å². The maximum Gasteiger partial charge on any atom is 0.226 e. The van der Waals surface area contributed by atoms with E-state index in [1.807, 2.05) is 37.6 Å². The third-order valence-electron chi connectivity index (χ3n) is 6.10. The van der Waals surface area contributed by atoms with Crippen LogP contribution in [0.25, 0.3) is 0 Å². The average molecular weight is 380 g/mol. The van der Waals surface area contributed by atoms with Crippen LogP contribution in [0.5, 0.6) is 0 Å². The Morgan fingerprint density at radius 2 is 1.52 bits per heavy atom. The van der Waals surface area contributed by atoms with Crippen molar-refractivity contribution in [3.05, 3.63) is 0 Å². The predicted molar refractivity (Wildman–Crippen MR) is 106 cm³/mol. The number of hydrogen-bond acceptors (Lipinski definition) is 4. The van der Waals surface area contributed by atoms with Crippen LogP contribution in [0.3, 0.4) is 0 Å². The Labute approximate surface area is 164 Å². The molecule has 0 spiro atoms. The van der Waals surface area contributed by atoms with E-state index in [1.165, 1.54) is 0 Å². The fourth-order valence-corrected chi connectivity index (χ4v) is 4.27. The van der Waals surface area contributed by atoms with Crippen molar-refractivity contribution in [2.75, 3.05) is 46.3 Å². The number of likely N-dealkylation sites (N-methyl/N-ethyl adjacent to an activating group) is 1. The molecule has 0 radical (unpaired) electrons. The van der Waals surface area contributed by atoms with Gasteiger partial charge < -0.3 is 9.80 Å². The molecule has 0 aromatic rings. The van der Waals surface area contributed by atoms with Crippen LogP contribution in [-0.4, -0.2) is 78.6 Å². The number of ketones is 1. The third kappa shape index (κ3) is 5.77. The van der Waals surface area contributed by atoms with Gasteiger partial charge in [-0.05, 0) is 12.8 Å². The summed E-state index contributed by atoms with van der Waals surface area (Å²) in [5.41, 5.74) is -0.393. The molecule has 27 heavy (non-hydrogen) atoms. The number of carbonyl (C=O) groups is 3. The van der Waals surface area contributed by atoms with E-state index in [9.17, 15) is 14.4 Å². The molecule has 2 fully saturated rings. The van der Waals surface area contributed by atoms with Crippen LogP contribution in [0.2, 0.25) is 0 Å². The van der Waals surface area contributed by atoms with E-state index in [2.05, 4.69) is 4.90 Å². The van der Waals surface area contributed by atoms with Gasteiger partial charge in [-0.2, -0.15) is 0 Å². The quantitative estimate of drug-likeness (QED) is 0.733. The van der Waals surface area contributed by atoms with Crippen molar-refractivity contribution in [1.29, 1.82) is 0 Å². The van der Waals surface area contributed by atoms with Crippen LogP contribution in [0, 0.1) is 17.3 Å². The van der Waals surface area contributed by atoms with Gasteiger partial charge in [0, 0.05) is 70.5 Å². The summed E-state index contributed by atoms with van der Waals surface area (Å²) in [7, 11) is 1.86. The highest BCUT2D eigenvalue weighted by molar-refractivity contribution is 5.91. The molecule has 2 aliphatic rings. The smallest absolute Gasteiger partial charge is 0.226 e. The number of nitrogens with zero attached hydrogens (tertiary/aromatic N) is 3. The Kier molecular flexibility index (Phi) is 7.43. The molecule has 0 aromatic heterocycles. The monoisotopic (exact) mass is 379 g/mol. The molecule has 1 heterocycles. The average Bonchev–Trinajstić information content (AvgIpc) is 2.64. The highest BCUT2D eigenvalue weighted by atomic mass is 16.2. The van der Waals surface area contributed by atoms with E-state index in [-0.39, 0.29) is 29.4 Å². The molecule has 0 bridgehead atoms. The molecular weight excluding hydrogens is 342 g/mol. The number of carbonyl (C=O) groups excluding carboxylic acids is 3. The van der Waals surface area contributed by atoms with Gasteiger partial charge in [0.25, 0.3) is 0 Å². The molecule has 1 aliphatic heterocycles. The second-order valence-corrected chi connectivity index (χ2v) is 9.22. The topological polar surface area (TPSA) is 60.9 Å². The van der Waals surface area contributed by atoms with Gasteiger partial charge in [-0.1, -0.05) is 33.6 Å². The molecule has 1 aliphatic carbocycles. The lowest BCUT2D eigenvalue weighted by atomic mass is 9.70. The van der Waals surface area contributed by atoms with Gasteiger partial charge in [0.2, 0.25) is 11.8 Å². The minimum Gasteiger partial charge on any atom is -0.344 e. The number of piperazine rings is 1. The zero-order valence-corrected chi connectivity index (χ0v) is 17.8. The summed E-state index contributed by atoms with van der Waals surface area (Å²) < 4.78 is 0. The lowest BCUT2D eigenvalue weighted by Gasteiger charge is -2.37. The number of Topliss-reactive ketones (excluding diaryl/α,β-unsaturated/α-hetero) is 1. The van der Waals surface area contributed by atoms with Crippen LogP contribution in [0.4, 0.5) is 0 Å². The SMILES string of the molecule is CC(=O)N1CCN(CCN(C)C(=O)[C@@H]2CCCC[C@@H]2C(=O)C(C)(C)C)CC1. The first-order valence-corrected chi connectivity index (χ1v) is 10.4. The highest BCUT2D eigenvalue weighted by Gasteiger charge is 2.40. The van der Waals surface area contributed by atoms with E-state index in [0.717, 1.165) is 58.4 Å². The van der Waals surface area contributed by atoms with Crippen molar-refractivity contribution in [3.8, 4) is 0 Å². The summed E-state index contributed by atoms with van der Waals surface area (Å²) in [4.78, 5) is 43.3. The van der Waals surface area contributed by atoms with Crippen molar-refractivity contribution in [2.24, 2.45) is 17.3 Å². The van der Waals surface area contributed by atoms with Gasteiger partial charge >= 0.3 is 0 Å². The summed E-state index contributed by atoms with van der Waals surface area (Å²) in [6, 6.07) is 0. The fourth-order valence-electron chi connectivity index (χ4n) is 4.27. The van der Waals surface area contributed by atoms with E-state index in [4.69, 9.17) is 0 Å². The summed E-state index contributed by atoms with van der Waals surface area (Å²) >= 11 is 0. The Morgan fingerprint density at radius 1 is 0.963 bits per heavy atom. The largest absolute Gasteiger partial charge is 0.344 e. The molecule has 2 atom stereocenters.